The highest BCUT2D eigenvalue weighted by molar-refractivity contribution is 5.62. The normalized spacial score (nSPS) is 15.2. The Morgan fingerprint density at radius 2 is 1.96 bits per heavy atom. The molecule has 0 aliphatic carbocycles. The van der Waals surface area contributed by atoms with Gasteiger partial charge in [0.2, 0.25) is 5.82 Å². The van der Waals surface area contributed by atoms with Crippen LogP contribution in [0.1, 0.15) is 25.3 Å². The van der Waals surface area contributed by atoms with Crippen molar-refractivity contribution in [2.24, 2.45) is 5.92 Å². The molecule has 1 aliphatic heterocycles. The summed E-state index contributed by atoms with van der Waals surface area (Å²) in [5, 5.41) is 11.5. The van der Waals surface area contributed by atoms with E-state index in [1.165, 1.54) is 11.9 Å². The van der Waals surface area contributed by atoms with E-state index in [1.807, 2.05) is 11.0 Å². The monoisotopic (exact) mass is 342 g/mol. The molecule has 0 bridgehead atoms. The predicted molar refractivity (Wildman–Crippen MR) is 94.9 cm³/mol. The zero-order valence-electron chi connectivity index (χ0n) is 14.3. The van der Waals surface area contributed by atoms with Gasteiger partial charge in [0.1, 0.15) is 6.33 Å². The third kappa shape index (κ3) is 4.04. The summed E-state index contributed by atoms with van der Waals surface area (Å²) in [5.41, 5.74) is 1.21. The van der Waals surface area contributed by atoms with E-state index in [0.717, 1.165) is 32.4 Å². The minimum Gasteiger partial charge on any atom is -0.473 e. The van der Waals surface area contributed by atoms with Gasteiger partial charge in [0.25, 0.3) is 5.88 Å². The van der Waals surface area contributed by atoms with E-state index < -0.39 is 4.92 Å². The van der Waals surface area contributed by atoms with Crippen molar-refractivity contribution in [2.45, 2.75) is 26.2 Å². The number of nitrogens with zero attached hydrogens (tertiary/aromatic N) is 4. The second kappa shape index (κ2) is 7.92. The largest absolute Gasteiger partial charge is 0.473 e. The molecule has 25 heavy (non-hydrogen) atoms. The van der Waals surface area contributed by atoms with Crippen LogP contribution in [0.25, 0.3) is 0 Å². The van der Waals surface area contributed by atoms with Crippen LogP contribution in [0.4, 0.5) is 11.5 Å². The molecule has 7 heteroatoms. The van der Waals surface area contributed by atoms with Crippen molar-refractivity contribution in [1.82, 2.24) is 9.97 Å². The minimum absolute atomic E-state index is 0.0453. The van der Waals surface area contributed by atoms with Crippen molar-refractivity contribution < 1.29 is 9.66 Å². The number of ether oxygens (including phenoxy) is 1. The zero-order chi connectivity index (χ0) is 17.6. The van der Waals surface area contributed by atoms with E-state index in [4.69, 9.17) is 4.74 Å². The lowest BCUT2D eigenvalue weighted by atomic mass is 9.90. The Balaban J connectivity index is 1.70. The Bertz CT molecular complexity index is 716. The highest BCUT2D eigenvalue weighted by Gasteiger charge is 2.30. The third-order valence-electron chi connectivity index (χ3n) is 4.51. The lowest BCUT2D eigenvalue weighted by molar-refractivity contribution is -0.385. The van der Waals surface area contributed by atoms with Gasteiger partial charge in [-0.3, -0.25) is 10.1 Å². The summed E-state index contributed by atoms with van der Waals surface area (Å²) in [4.78, 5) is 21.1. The van der Waals surface area contributed by atoms with Crippen LogP contribution < -0.4 is 9.64 Å². The standard InChI is InChI=1S/C18H22N4O3/c1-2-25-18-16(22(23)24)17(19-13-20-18)21-10-8-15(9-11-21)12-14-6-4-3-5-7-14/h3-7,13,15H,2,8-12H2,1H3. The average Bonchev–Trinajstić information content (AvgIpc) is 2.63. The summed E-state index contributed by atoms with van der Waals surface area (Å²) in [6.07, 6.45) is 4.36. The fourth-order valence-corrected chi connectivity index (χ4v) is 3.28. The van der Waals surface area contributed by atoms with Gasteiger partial charge in [-0.25, -0.2) is 4.98 Å². The molecule has 0 amide bonds. The van der Waals surface area contributed by atoms with Gasteiger partial charge in [-0.2, -0.15) is 4.98 Å². The number of anilines is 1. The maximum Gasteiger partial charge on any atom is 0.372 e. The van der Waals surface area contributed by atoms with Crippen molar-refractivity contribution in [3.63, 3.8) is 0 Å². The summed E-state index contributed by atoms with van der Waals surface area (Å²) in [5.74, 6) is 0.997. The second-order valence-electron chi connectivity index (χ2n) is 6.16. The van der Waals surface area contributed by atoms with Crippen molar-refractivity contribution in [3.05, 3.63) is 52.3 Å². The summed E-state index contributed by atoms with van der Waals surface area (Å²) in [6, 6.07) is 10.4. The number of aromatic nitrogens is 2. The van der Waals surface area contributed by atoms with Crippen LogP contribution in [-0.2, 0) is 6.42 Å². The van der Waals surface area contributed by atoms with Crippen LogP contribution in [0.5, 0.6) is 5.88 Å². The van der Waals surface area contributed by atoms with E-state index in [0.29, 0.717) is 18.3 Å². The Morgan fingerprint density at radius 1 is 1.24 bits per heavy atom. The van der Waals surface area contributed by atoms with Gasteiger partial charge in [0.15, 0.2) is 0 Å². The molecule has 0 spiro atoms. The summed E-state index contributed by atoms with van der Waals surface area (Å²) >= 11 is 0. The first-order valence-electron chi connectivity index (χ1n) is 8.60. The molecule has 2 heterocycles. The third-order valence-corrected chi connectivity index (χ3v) is 4.51. The fraction of sp³-hybridized carbons (Fsp3) is 0.444. The summed E-state index contributed by atoms with van der Waals surface area (Å²) < 4.78 is 5.31. The topological polar surface area (TPSA) is 81.4 Å². The van der Waals surface area contributed by atoms with Crippen LogP contribution in [0.3, 0.4) is 0 Å². The van der Waals surface area contributed by atoms with Gasteiger partial charge >= 0.3 is 5.69 Å². The van der Waals surface area contributed by atoms with Crippen molar-refractivity contribution >= 4 is 11.5 Å². The summed E-state index contributed by atoms with van der Waals surface area (Å²) in [7, 11) is 0. The van der Waals surface area contributed by atoms with Crippen molar-refractivity contribution in [2.75, 3.05) is 24.6 Å². The highest BCUT2D eigenvalue weighted by Crippen LogP contribution is 2.35. The van der Waals surface area contributed by atoms with Gasteiger partial charge in [-0.05, 0) is 37.7 Å². The number of rotatable bonds is 6. The Hall–Kier alpha value is -2.70. The first-order valence-corrected chi connectivity index (χ1v) is 8.60. The smallest absolute Gasteiger partial charge is 0.372 e. The van der Waals surface area contributed by atoms with Gasteiger partial charge in [0.05, 0.1) is 11.5 Å². The van der Waals surface area contributed by atoms with Crippen LogP contribution >= 0.6 is 0 Å². The van der Waals surface area contributed by atoms with Crippen LogP contribution in [0.2, 0.25) is 0 Å². The van der Waals surface area contributed by atoms with Gasteiger partial charge in [-0.1, -0.05) is 30.3 Å². The van der Waals surface area contributed by atoms with Crippen LogP contribution in [0, 0.1) is 16.0 Å². The van der Waals surface area contributed by atoms with E-state index in [2.05, 4.69) is 34.2 Å². The molecule has 1 aromatic heterocycles. The van der Waals surface area contributed by atoms with Gasteiger partial charge in [-0.15, -0.1) is 0 Å². The number of hydrogen-bond acceptors (Lipinski definition) is 6. The quantitative estimate of drug-likeness (QED) is 0.592. The molecule has 0 saturated carbocycles. The number of piperidine rings is 1. The number of nitro groups is 1. The van der Waals surface area contributed by atoms with Crippen LogP contribution in [0.15, 0.2) is 36.7 Å². The van der Waals surface area contributed by atoms with E-state index >= 15 is 0 Å². The Labute approximate surface area is 146 Å². The molecule has 0 unspecified atom stereocenters. The fourth-order valence-electron chi connectivity index (χ4n) is 3.28. The SMILES string of the molecule is CCOc1ncnc(N2CCC(Cc3ccccc3)CC2)c1[N+](=O)[O-]. The van der Waals surface area contributed by atoms with Crippen molar-refractivity contribution in [3.8, 4) is 5.88 Å². The van der Waals surface area contributed by atoms with Crippen LogP contribution in [-0.4, -0.2) is 34.6 Å². The van der Waals surface area contributed by atoms with Gasteiger partial charge in [0, 0.05) is 13.1 Å². The van der Waals surface area contributed by atoms with Crippen molar-refractivity contribution in [1.29, 1.82) is 0 Å². The Kier molecular flexibility index (Phi) is 5.42. The first-order chi connectivity index (χ1) is 12.2. The number of hydrogen-bond donors (Lipinski definition) is 0. The molecule has 1 aliphatic rings. The molecule has 1 aromatic carbocycles. The molecule has 0 atom stereocenters. The predicted octanol–water partition coefficient (Wildman–Crippen LogP) is 3.24. The minimum atomic E-state index is -0.448. The lowest BCUT2D eigenvalue weighted by Gasteiger charge is -2.32. The molecule has 1 saturated heterocycles. The summed E-state index contributed by atoms with van der Waals surface area (Å²) in [6.45, 7) is 3.61. The van der Waals surface area contributed by atoms with E-state index in [-0.39, 0.29) is 11.6 Å². The maximum absolute atomic E-state index is 11.5. The molecule has 0 N–H and O–H groups in total. The molecule has 132 valence electrons. The molecule has 0 radical (unpaired) electrons. The first kappa shape index (κ1) is 17.1. The molecule has 3 rings (SSSR count). The zero-order valence-corrected chi connectivity index (χ0v) is 14.3. The maximum atomic E-state index is 11.5. The molecular formula is C18H22N4O3. The Morgan fingerprint density at radius 3 is 2.60 bits per heavy atom. The lowest BCUT2D eigenvalue weighted by Crippen LogP contribution is -2.35. The van der Waals surface area contributed by atoms with E-state index in [9.17, 15) is 10.1 Å². The van der Waals surface area contributed by atoms with E-state index in [1.54, 1.807) is 6.92 Å². The molecular weight excluding hydrogens is 320 g/mol. The highest BCUT2D eigenvalue weighted by atomic mass is 16.6. The van der Waals surface area contributed by atoms with Gasteiger partial charge < -0.3 is 9.64 Å². The molecule has 1 fully saturated rings. The second-order valence-corrected chi connectivity index (χ2v) is 6.16. The molecule has 2 aromatic rings. The molecule has 7 nitrogen and oxygen atoms in total. The number of benzene rings is 1. The average molecular weight is 342 g/mol.